The van der Waals surface area contributed by atoms with Gasteiger partial charge in [-0.2, -0.15) is 0 Å². The van der Waals surface area contributed by atoms with Crippen molar-refractivity contribution in [1.29, 1.82) is 0 Å². The first kappa shape index (κ1) is 17.7. The Balaban J connectivity index is 0.00000324. The third kappa shape index (κ3) is 4.08. The van der Waals surface area contributed by atoms with E-state index < -0.39 is 0 Å². The van der Waals surface area contributed by atoms with E-state index in [0.29, 0.717) is 17.8 Å². The van der Waals surface area contributed by atoms with Crippen LogP contribution in [0.3, 0.4) is 0 Å². The summed E-state index contributed by atoms with van der Waals surface area (Å²) in [6.45, 7) is 7.62. The molecule has 1 aromatic rings. The summed E-state index contributed by atoms with van der Waals surface area (Å²) in [7, 11) is 1.84. The zero-order chi connectivity index (χ0) is 13.9. The number of hydrogen-bond acceptors (Lipinski definition) is 3. The number of hydrogen-bond donors (Lipinski definition) is 3. The maximum Gasteiger partial charge on any atom is 0.268 e. The van der Waals surface area contributed by atoms with Gasteiger partial charge in [0.1, 0.15) is 5.69 Å². The van der Waals surface area contributed by atoms with E-state index in [1.807, 2.05) is 14.0 Å². The lowest BCUT2D eigenvalue weighted by Gasteiger charge is -2.11. The Morgan fingerprint density at radius 2 is 1.89 bits per heavy atom. The monoisotopic (exact) mass is 287 g/mol. The van der Waals surface area contributed by atoms with E-state index in [9.17, 15) is 9.59 Å². The van der Waals surface area contributed by atoms with E-state index in [1.165, 1.54) is 6.92 Å². The van der Waals surface area contributed by atoms with Crippen molar-refractivity contribution in [2.75, 3.05) is 13.6 Å². The summed E-state index contributed by atoms with van der Waals surface area (Å²) in [5.41, 5.74) is 2.55. The van der Waals surface area contributed by atoms with Crippen LogP contribution in [0.4, 0.5) is 0 Å². The fraction of sp³-hybridized carbons (Fsp3) is 0.538. The van der Waals surface area contributed by atoms with E-state index >= 15 is 0 Å². The van der Waals surface area contributed by atoms with Gasteiger partial charge < -0.3 is 15.6 Å². The largest absolute Gasteiger partial charge is 0.354 e. The molecule has 6 heteroatoms. The Labute approximate surface area is 120 Å². The molecule has 0 radical (unpaired) electrons. The second-order valence-corrected chi connectivity index (χ2v) is 4.58. The predicted molar refractivity (Wildman–Crippen MR) is 78.4 cm³/mol. The standard InChI is InChI=1S/C13H21N3O2.ClH/c1-7(14-5)6-15-13(18)12-8(2)11(10(4)17)9(3)16-12;/h7,14,16H,6H2,1-5H3,(H,15,18);1H. The first-order chi connectivity index (χ1) is 8.38. The van der Waals surface area contributed by atoms with Crippen molar-refractivity contribution in [2.24, 2.45) is 0 Å². The van der Waals surface area contributed by atoms with Crippen molar-refractivity contribution < 1.29 is 9.59 Å². The fourth-order valence-electron chi connectivity index (χ4n) is 1.94. The minimum Gasteiger partial charge on any atom is -0.354 e. The molecular weight excluding hydrogens is 266 g/mol. The Morgan fingerprint density at radius 1 is 1.32 bits per heavy atom. The van der Waals surface area contributed by atoms with Gasteiger partial charge in [0.2, 0.25) is 0 Å². The lowest BCUT2D eigenvalue weighted by Crippen LogP contribution is -2.37. The molecule has 0 aliphatic rings. The van der Waals surface area contributed by atoms with E-state index in [4.69, 9.17) is 0 Å². The summed E-state index contributed by atoms with van der Waals surface area (Å²) in [6.07, 6.45) is 0. The van der Waals surface area contributed by atoms with Crippen molar-refractivity contribution >= 4 is 24.1 Å². The van der Waals surface area contributed by atoms with Gasteiger partial charge in [-0.15, -0.1) is 12.4 Å². The number of nitrogens with one attached hydrogen (secondary N) is 3. The van der Waals surface area contributed by atoms with Crippen LogP contribution in [0.25, 0.3) is 0 Å². The maximum absolute atomic E-state index is 12.0. The Morgan fingerprint density at radius 3 is 2.32 bits per heavy atom. The molecule has 5 nitrogen and oxygen atoms in total. The highest BCUT2D eigenvalue weighted by molar-refractivity contribution is 6.02. The van der Waals surface area contributed by atoms with Gasteiger partial charge in [-0.1, -0.05) is 0 Å². The molecule has 0 aliphatic heterocycles. The smallest absolute Gasteiger partial charge is 0.268 e. The normalized spacial score (nSPS) is 11.6. The second kappa shape index (κ2) is 7.31. The summed E-state index contributed by atoms with van der Waals surface area (Å²) in [4.78, 5) is 26.4. The minimum atomic E-state index is -0.176. The van der Waals surface area contributed by atoms with Gasteiger partial charge in [-0.05, 0) is 40.3 Å². The van der Waals surface area contributed by atoms with Gasteiger partial charge in [0, 0.05) is 23.8 Å². The molecule has 1 aromatic heterocycles. The van der Waals surface area contributed by atoms with Gasteiger partial charge in [-0.3, -0.25) is 9.59 Å². The van der Waals surface area contributed by atoms with Crippen LogP contribution in [-0.2, 0) is 0 Å². The van der Waals surface area contributed by atoms with Crippen LogP contribution in [0.2, 0.25) is 0 Å². The summed E-state index contributed by atoms with van der Waals surface area (Å²) in [6, 6.07) is 0.206. The number of Topliss-reactive ketones (excluding diaryl/α,β-unsaturated/α-hetero) is 1. The number of ketones is 1. The van der Waals surface area contributed by atoms with Crippen molar-refractivity contribution in [3.63, 3.8) is 0 Å². The van der Waals surface area contributed by atoms with E-state index in [0.717, 1.165) is 11.3 Å². The van der Waals surface area contributed by atoms with Gasteiger partial charge in [-0.25, -0.2) is 0 Å². The average Bonchev–Trinajstić information content (AvgIpc) is 2.61. The molecule has 1 unspecified atom stereocenters. The lowest BCUT2D eigenvalue weighted by atomic mass is 10.1. The van der Waals surface area contributed by atoms with Crippen LogP contribution in [0.1, 0.15) is 46.0 Å². The molecule has 1 heterocycles. The van der Waals surface area contributed by atoms with Crippen LogP contribution in [0.15, 0.2) is 0 Å². The fourth-order valence-corrected chi connectivity index (χ4v) is 1.94. The number of likely N-dealkylation sites (N-methyl/N-ethyl adjacent to an activating group) is 1. The molecule has 0 bridgehead atoms. The Hall–Kier alpha value is -1.33. The van der Waals surface area contributed by atoms with E-state index in [-0.39, 0.29) is 30.1 Å². The molecule has 0 saturated carbocycles. The number of amides is 1. The Kier molecular flexibility index (Phi) is 6.79. The molecule has 3 N–H and O–H groups in total. The Bertz CT molecular complexity index is 469. The number of rotatable bonds is 5. The molecule has 19 heavy (non-hydrogen) atoms. The molecule has 0 spiro atoms. The number of halogens is 1. The number of aryl methyl sites for hydroxylation is 1. The number of aromatic nitrogens is 1. The van der Waals surface area contributed by atoms with Gasteiger partial charge in [0.15, 0.2) is 5.78 Å². The van der Waals surface area contributed by atoms with Crippen LogP contribution in [-0.4, -0.2) is 36.3 Å². The van der Waals surface area contributed by atoms with Crippen LogP contribution < -0.4 is 10.6 Å². The highest BCUT2D eigenvalue weighted by atomic mass is 35.5. The van der Waals surface area contributed by atoms with Crippen molar-refractivity contribution in [3.05, 3.63) is 22.5 Å². The SMILES string of the molecule is CNC(C)CNC(=O)c1[nH]c(C)c(C(C)=O)c1C.Cl. The number of carbonyl (C=O) groups excluding carboxylic acids is 2. The summed E-state index contributed by atoms with van der Waals surface area (Å²) in [5.74, 6) is -0.200. The second-order valence-electron chi connectivity index (χ2n) is 4.58. The highest BCUT2D eigenvalue weighted by Gasteiger charge is 2.19. The number of aromatic amines is 1. The molecule has 0 aromatic carbocycles. The first-order valence-electron chi connectivity index (χ1n) is 6.04. The number of H-pyrrole nitrogens is 1. The summed E-state index contributed by atoms with van der Waals surface area (Å²) >= 11 is 0. The number of carbonyl (C=O) groups is 2. The molecule has 1 rings (SSSR count). The molecule has 0 saturated heterocycles. The molecule has 0 aliphatic carbocycles. The molecule has 1 amide bonds. The van der Waals surface area contributed by atoms with E-state index in [2.05, 4.69) is 15.6 Å². The van der Waals surface area contributed by atoms with Gasteiger partial charge >= 0.3 is 0 Å². The highest BCUT2D eigenvalue weighted by Crippen LogP contribution is 2.18. The first-order valence-corrected chi connectivity index (χ1v) is 6.04. The van der Waals surface area contributed by atoms with E-state index in [1.54, 1.807) is 13.8 Å². The molecular formula is C13H22ClN3O2. The van der Waals surface area contributed by atoms with Crippen LogP contribution >= 0.6 is 12.4 Å². The van der Waals surface area contributed by atoms with Crippen LogP contribution in [0.5, 0.6) is 0 Å². The average molecular weight is 288 g/mol. The van der Waals surface area contributed by atoms with Gasteiger partial charge in [0.05, 0.1) is 0 Å². The topological polar surface area (TPSA) is 74.0 Å². The van der Waals surface area contributed by atoms with Crippen molar-refractivity contribution in [3.8, 4) is 0 Å². The summed E-state index contributed by atoms with van der Waals surface area (Å²) < 4.78 is 0. The molecule has 1 atom stereocenters. The van der Waals surface area contributed by atoms with Crippen molar-refractivity contribution in [2.45, 2.75) is 33.7 Å². The minimum absolute atomic E-state index is 0. The summed E-state index contributed by atoms with van der Waals surface area (Å²) in [5, 5.41) is 5.87. The van der Waals surface area contributed by atoms with Gasteiger partial charge in [0.25, 0.3) is 5.91 Å². The third-order valence-electron chi connectivity index (χ3n) is 3.08. The molecule has 108 valence electrons. The van der Waals surface area contributed by atoms with Crippen molar-refractivity contribution in [1.82, 2.24) is 15.6 Å². The van der Waals surface area contributed by atoms with Crippen LogP contribution in [0, 0.1) is 13.8 Å². The molecule has 0 fully saturated rings. The maximum atomic E-state index is 12.0. The zero-order valence-corrected chi connectivity index (χ0v) is 12.8. The zero-order valence-electron chi connectivity index (χ0n) is 12.0. The quantitative estimate of drug-likeness (QED) is 0.720. The third-order valence-corrected chi connectivity index (χ3v) is 3.08. The lowest BCUT2D eigenvalue weighted by molar-refractivity contribution is 0.0945. The predicted octanol–water partition coefficient (Wildman–Crippen LogP) is 1.59.